The van der Waals surface area contributed by atoms with Gasteiger partial charge in [0.25, 0.3) is 0 Å². The minimum atomic E-state index is -0.222. The number of benzene rings is 2. The molecule has 0 saturated carbocycles. The molecule has 1 atom stereocenters. The number of nitrogens with two attached hydrogens (primary N) is 1. The number of para-hydroxylation sites is 1. The van der Waals surface area contributed by atoms with E-state index in [4.69, 9.17) is 5.73 Å². The van der Waals surface area contributed by atoms with Crippen molar-refractivity contribution in [1.29, 1.82) is 0 Å². The maximum atomic E-state index is 13.5. The number of anilines is 1. The van der Waals surface area contributed by atoms with E-state index in [2.05, 4.69) is 4.90 Å². The Kier molecular flexibility index (Phi) is 4.17. The second-order valence-electron chi connectivity index (χ2n) is 4.70. The third-order valence-corrected chi connectivity index (χ3v) is 3.45. The molecule has 2 aromatic rings. The van der Waals surface area contributed by atoms with Crippen LogP contribution in [-0.4, -0.2) is 13.6 Å². The van der Waals surface area contributed by atoms with Gasteiger partial charge in [-0.15, -0.1) is 0 Å². The maximum Gasteiger partial charge on any atom is 0.123 e. The highest BCUT2D eigenvalue weighted by atomic mass is 19.1. The van der Waals surface area contributed by atoms with E-state index < -0.39 is 0 Å². The molecular formula is C16H19FN2. The smallest absolute Gasteiger partial charge is 0.123 e. The van der Waals surface area contributed by atoms with Gasteiger partial charge >= 0.3 is 0 Å². The molecule has 0 amide bonds. The van der Waals surface area contributed by atoms with Gasteiger partial charge in [0.05, 0.1) is 6.04 Å². The van der Waals surface area contributed by atoms with Crippen LogP contribution in [0, 0.1) is 12.7 Å². The predicted molar refractivity (Wildman–Crippen MR) is 77.8 cm³/mol. The van der Waals surface area contributed by atoms with Crippen molar-refractivity contribution in [2.75, 3.05) is 18.5 Å². The lowest BCUT2D eigenvalue weighted by molar-refractivity contribution is 0.613. The maximum absolute atomic E-state index is 13.5. The van der Waals surface area contributed by atoms with Crippen LogP contribution in [0.2, 0.25) is 0 Å². The standard InChI is InChI=1S/C16H19FN2/c1-12-8-9-13(17)10-15(12)16(11-18)19(2)14-6-4-3-5-7-14/h3-10,16H,11,18H2,1-2H3. The van der Waals surface area contributed by atoms with Gasteiger partial charge in [0, 0.05) is 19.3 Å². The van der Waals surface area contributed by atoms with Crippen molar-refractivity contribution >= 4 is 5.69 Å². The number of hydrogen-bond donors (Lipinski definition) is 1. The Bertz CT molecular complexity index is 540. The largest absolute Gasteiger partial charge is 0.366 e. The van der Waals surface area contributed by atoms with Crippen molar-refractivity contribution in [1.82, 2.24) is 0 Å². The van der Waals surface area contributed by atoms with Crippen molar-refractivity contribution in [2.24, 2.45) is 5.73 Å². The van der Waals surface area contributed by atoms with Gasteiger partial charge in [-0.1, -0.05) is 24.3 Å². The van der Waals surface area contributed by atoms with Crippen molar-refractivity contribution in [3.8, 4) is 0 Å². The molecule has 0 aromatic heterocycles. The van der Waals surface area contributed by atoms with Gasteiger partial charge in [0.1, 0.15) is 5.82 Å². The van der Waals surface area contributed by atoms with Crippen LogP contribution >= 0.6 is 0 Å². The second kappa shape index (κ2) is 5.85. The first kappa shape index (κ1) is 13.6. The highest BCUT2D eigenvalue weighted by molar-refractivity contribution is 5.49. The Morgan fingerprint density at radius 1 is 1.16 bits per heavy atom. The first-order valence-electron chi connectivity index (χ1n) is 6.37. The molecule has 1 unspecified atom stereocenters. The highest BCUT2D eigenvalue weighted by Gasteiger charge is 2.18. The second-order valence-corrected chi connectivity index (χ2v) is 4.70. The van der Waals surface area contributed by atoms with Gasteiger partial charge in [0.2, 0.25) is 0 Å². The van der Waals surface area contributed by atoms with E-state index in [-0.39, 0.29) is 11.9 Å². The summed E-state index contributed by atoms with van der Waals surface area (Å²) in [6, 6.07) is 14.8. The molecule has 0 aliphatic rings. The molecule has 0 heterocycles. The van der Waals surface area contributed by atoms with Gasteiger partial charge in [-0.3, -0.25) is 0 Å². The first-order valence-corrected chi connectivity index (χ1v) is 6.37. The first-order chi connectivity index (χ1) is 9.13. The zero-order valence-corrected chi connectivity index (χ0v) is 11.3. The fourth-order valence-electron chi connectivity index (χ4n) is 2.31. The fourth-order valence-corrected chi connectivity index (χ4v) is 2.31. The minimum absolute atomic E-state index is 0.0295. The average molecular weight is 258 g/mol. The fraction of sp³-hybridized carbons (Fsp3) is 0.250. The molecule has 100 valence electrons. The van der Waals surface area contributed by atoms with E-state index in [1.54, 1.807) is 12.1 Å². The molecule has 0 fully saturated rings. The summed E-state index contributed by atoms with van der Waals surface area (Å²) in [6.07, 6.45) is 0. The van der Waals surface area contributed by atoms with Crippen LogP contribution in [-0.2, 0) is 0 Å². The Hall–Kier alpha value is -1.87. The number of aryl methyl sites for hydroxylation is 1. The molecule has 19 heavy (non-hydrogen) atoms. The minimum Gasteiger partial charge on any atom is -0.366 e. The van der Waals surface area contributed by atoms with Gasteiger partial charge in [-0.05, 0) is 42.3 Å². The van der Waals surface area contributed by atoms with E-state index in [0.717, 1.165) is 16.8 Å². The van der Waals surface area contributed by atoms with Gasteiger partial charge in [-0.2, -0.15) is 0 Å². The van der Waals surface area contributed by atoms with Crippen LogP contribution in [0.1, 0.15) is 17.2 Å². The molecule has 2 nitrogen and oxygen atoms in total. The summed E-state index contributed by atoms with van der Waals surface area (Å²) in [5, 5.41) is 0. The van der Waals surface area contributed by atoms with E-state index in [0.29, 0.717) is 6.54 Å². The van der Waals surface area contributed by atoms with Crippen LogP contribution < -0.4 is 10.6 Å². The normalized spacial score (nSPS) is 12.2. The molecule has 3 heteroatoms. The quantitative estimate of drug-likeness (QED) is 0.912. The number of hydrogen-bond acceptors (Lipinski definition) is 2. The van der Waals surface area contributed by atoms with Gasteiger partial charge in [0.15, 0.2) is 0 Å². The average Bonchev–Trinajstić information content (AvgIpc) is 2.44. The lowest BCUT2D eigenvalue weighted by Crippen LogP contribution is -2.31. The Balaban J connectivity index is 2.37. The van der Waals surface area contributed by atoms with Crippen LogP contribution in [0.5, 0.6) is 0 Å². The zero-order valence-electron chi connectivity index (χ0n) is 11.3. The summed E-state index contributed by atoms with van der Waals surface area (Å²) in [5.41, 5.74) is 8.96. The topological polar surface area (TPSA) is 29.3 Å². The van der Waals surface area contributed by atoms with Crippen molar-refractivity contribution in [3.05, 3.63) is 65.5 Å². The van der Waals surface area contributed by atoms with Gasteiger partial charge in [-0.25, -0.2) is 4.39 Å². The molecule has 0 aliphatic heterocycles. The summed E-state index contributed by atoms with van der Waals surface area (Å²) in [4.78, 5) is 2.09. The Morgan fingerprint density at radius 2 is 1.84 bits per heavy atom. The monoisotopic (exact) mass is 258 g/mol. The van der Waals surface area contributed by atoms with Crippen LogP contribution in [0.15, 0.2) is 48.5 Å². The number of halogens is 1. The molecule has 0 radical (unpaired) electrons. The zero-order chi connectivity index (χ0) is 13.8. The van der Waals surface area contributed by atoms with E-state index in [9.17, 15) is 4.39 Å². The molecule has 0 aliphatic carbocycles. The van der Waals surface area contributed by atoms with Crippen molar-refractivity contribution in [3.63, 3.8) is 0 Å². The third kappa shape index (κ3) is 2.93. The van der Waals surface area contributed by atoms with Crippen LogP contribution in [0.4, 0.5) is 10.1 Å². The van der Waals surface area contributed by atoms with E-state index >= 15 is 0 Å². The Morgan fingerprint density at radius 3 is 2.47 bits per heavy atom. The van der Waals surface area contributed by atoms with Crippen molar-refractivity contribution in [2.45, 2.75) is 13.0 Å². The molecule has 0 bridgehead atoms. The number of likely N-dealkylation sites (N-methyl/N-ethyl adjacent to an activating group) is 1. The van der Waals surface area contributed by atoms with Crippen LogP contribution in [0.3, 0.4) is 0 Å². The lowest BCUT2D eigenvalue weighted by atomic mass is 9.99. The van der Waals surface area contributed by atoms with E-state index in [1.807, 2.05) is 44.3 Å². The number of nitrogens with zero attached hydrogens (tertiary/aromatic N) is 1. The highest BCUT2D eigenvalue weighted by Crippen LogP contribution is 2.27. The molecule has 2 N–H and O–H groups in total. The van der Waals surface area contributed by atoms with Crippen molar-refractivity contribution < 1.29 is 4.39 Å². The predicted octanol–water partition coefficient (Wildman–Crippen LogP) is 3.27. The lowest BCUT2D eigenvalue weighted by Gasteiger charge is -2.30. The molecule has 2 rings (SSSR count). The molecular weight excluding hydrogens is 239 g/mol. The molecule has 0 spiro atoms. The van der Waals surface area contributed by atoms with E-state index in [1.165, 1.54) is 6.07 Å². The SMILES string of the molecule is Cc1ccc(F)cc1C(CN)N(C)c1ccccc1. The summed E-state index contributed by atoms with van der Waals surface area (Å²) >= 11 is 0. The molecule has 0 saturated heterocycles. The molecule has 2 aromatic carbocycles. The summed E-state index contributed by atoms with van der Waals surface area (Å²) in [6.45, 7) is 2.42. The summed E-state index contributed by atoms with van der Waals surface area (Å²) < 4.78 is 13.5. The van der Waals surface area contributed by atoms with Crippen LogP contribution in [0.25, 0.3) is 0 Å². The summed E-state index contributed by atoms with van der Waals surface area (Å²) in [7, 11) is 1.98. The third-order valence-electron chi connectivity index (χ3n) is 3.45. The van der Waals surface area contributed by atoms with Gasteiger partial charge < -0.3 is 10.6 Å². The summed E-state index contributed by atoms with van der Waals surface area (Å²) in [5.74, 6) is -0.222. The number of rotatable bonds is 4. The Labute approximate surface area is 113 Å².